The Morgan fingerprint density at radius 1 is 1.21 bits per heavy atom. The third-order valence-corrected chi connectivity index (χ3v) is 4.58. The third kappa shape index (κ3) is 7.84. The second-order valence-electron chi connectivity index (χ2n) is 6.96. The van der Waals surface area contributed by atoms with Crippen LogP contribution in [-0.4, -0.2) is 58.5 Å². The molecule has 1 aromatic carbocycles. The summed E-state index contributed by atoms with van der Waals surface area (Å²) in [6.45, 7) is 2.17. The van der Waals surface area contributed by atoms with Crippen LogP contribution >= 0.6 is 0 Å². The fraction of sp³-hybridized carbons (Fsp3) is 0.524. The molecule has 0 bridgehead atoms. The van der Waals surface area contributed by atoms with Crippen LogP contribution in [0, 0.1) is 0 Å². The van der Waals surface area contributed by atoms with Gasteiger partial charge in [-0.1, -0.05) is 12.5 Å². The molecule has 1 aromatic rings. The number of carboxylic acid groups (broad SMARTS) is 1. The molecule has 4 unspecified atom stereocenters. The largest absolute Gasteiger partial charge is 0.508 e. The summed E-state index contributed by atoms with van der Waals surface area (Å²) in [5, 5.41) is 28.0. The molecular weight excluding hydrogens is 380 g/mol. The van der Waals surface area contributed by atoms with Crippen LogP contribution in [0.15, 0.2) is 36.4 Å². The van der Waals surface area contributed by atoms with Crippen LogP contribution in [0.4, 0.5) is 0 Å². The number of ether oxygens (including phenoxy) is 3. The zero-order valence-corrected chi connectivity index (χ0v) is 16.4. The van der Waals surface area contributed by atoms with Gasteiger partial charge in [-0.25, -0.2) is 9.59 Å². The lowest BCUT2D eigenvalue weighted by Gasteiger charge is -2.37. The van der Waals surface area contributed by atoms with Gasteiger partial charge in [0, 0.05) is 19.1 Å². The number of allylic oxidation sites excluding steroid dienone is 1. The lowest BCUT2D eigenvalue weighted by molar-refractivity contribution is -0.260. The molecule has 4 atom stereocenters. The Bertz CT molecular complexity index is 684. The zero-order valence-electron chi connectivity index (χ0n) is 16.4. The number of phenolic OH excluding ortho intramolecular Hbond substituents is 1. The molecule has 8 nitrogen and oxygen atoms in total. The number of aliphatic carboxylic acids is 1. The van der Waals surface area contributed by atoms with Gasteiger partial charge in [0.1, 0.15) is 18.0 Å². The van der Waals surface area contributed by atoms with Crippen LogP contribution in [0.25, 0.3) is 0 Å². The van der Waals surface area contributed by atoms with Gasteiger partial charge in [0.25, 0.3) is 0 Å². The summed E-state index contributed by atoms with van der Waals surface area (Å²) in [5.74, 6) is -1.44. The van der Waals surface area contributed by atoms with Gasteiger partial charge in [-0.15, -0.1) is 0 Å². The standard InChI is InChI=1S/C21H28O8/c1-14-18(29-20(26)15-8-10-16(22)11-9-15)13-17(23)21(28-14)27-12-6-4-2-3-5-7-19(24)25/h5,7-11,14,17-18,21-23H,2-4,6,12-13H2,1H3,(H,24,25)/b7-5+. The van der Waals surface area contributed by atoms with Crippen molar-refractivity contribution < 1.29 is 39.1 Å². The molecule has 1 aliphatic rings. The number of hydrogen-bond acceptors (Lipinski definition) is 7. The number of rotatable bonds is 10. The van der Waals surface area contributed by atoms with E-state index in [0.717, 1.165) is 25.3 Å². The molecule has 1 aliphatic heterocycles. The van der Waals surface area contributed by atoms with E-state index in [4.69, 9.17) is 19.3 Å². The van der Waals surface area contributed by atoms with Crippen molar-refractivity contribution in [3.8, 4) is 5.75 Å². The molecule has 8 heteroatoms. The normalized spacial score (nSPS) is 24.5. The second kappa shape index (κ2) is 11.5. The number of esters is 1. The number of benzene rings is 1. The summed E-state index contributed by atoms with van der Waals surface area (Å²) in [5.41, 5.74) is 0.307. The summed E-state index contributed by atoms with van der Waals surface area (Å²) < 4.78 is 16.7. The van der Waals surface area contributed by atoms with E-state index in [1.807, 2.05) is 0 Å². The van der Waals surface area contributed by atoms with Crippen molar-refractivity contribution in [3.05, 3.63) is 42.0 Å². The SMILES string of the molecule is CC1OC(OCCCCC/C=C/C(=O)O)C(O)CC1OC(=O)c1ccc(O)cc1. The lowest BCUT2D eigenvalue weighted by Crippen LogP contribution is -2.48. The first-order chi connectivity index (χ1) is 13.9. The maximum absolute atomic E-state index is 12.2. The molecule has 1 saturated heterocycles. The molecule has 0 aromatic heterocycles. The zero-order chi connectivity index (χ0) is 21.2. The molecular formula is C21H28O8. The molecule has 29 heavy (non-hydrogen) atoms. The summed E-state index contributed by atoms with van der Waals surface area (Å²) in [6, 6.07) is 5.73. The second-order valence-corrected chi connectivity index (χ2v) is 6.96. The highest BCUT2D eigenvalue weighted by Gasteiger charge is 2.37. The highest BCUT2D eigenvalue weighted by atomic mass is 16.7. The maximum Gasteiger partial charge on any atom is 0.338 e. The van der Waals surface area contributed by atoms with Crippen molar-refractivity contribution in [2.24, 2.45) is 0 Å². The first-order valence-electron chi connectivity index (χ1n) is 9.71. The maximum atomic E-state index is 12.2. The molecule has 0 saturated carbocycles. The number of carbonyl (C=O) groups excluding carboxylic acids is 1. The van der Waals surface area contributed by atoms with Gasteiger partial charge >= 0.3 is 11.9 Å². The molecule has 3 N–H and O–H groups in total. The number of aromatic hydroxyl groups is 1. The fourth-order valence-corrected chi connectivity index (χ4v) is 2.95. The van der Waals surface area contributed by atoms with E-state index in [-0.39, 0.29) is 12.2 Å². The minimum absolute atomic E-state index is 0.0584. The number of carbonyl (C=O) groups is 2. The van der Waals surface area contributed by atoms with Crippen LogP contribution in [-0.2, 0) is 19.0 Å². The molecule has 0 amide bonds. The van der Waals surface area contributed by atoms with Gasteiger partial charge in [0.15, 0.2) is 6.29 Å². The number of carboxylic acids is 1. The molecule has 0 spiro atoms. The number of aliphatic hydroxyl groups is 1. The van der Waals surface area contributed by atoms with E-state index in [9.17, 15) is 19.8 Å². The summed E-state index contributed by atoms with van der Waals surface area (Å²) in [4.78, 5) is 22.6. The first kappa shape index (κ1) is 22.9. The van der Waals surface area contributed by atoms with E-state index < -0.39 is 36.5 Å². The van der Waals surface area contributed by atoms with Crippen molar-refractivity contribution in [2.75, 3.05) is 6.61 Å². The minimum atomic E-state index is -0.946. The Kier molecular flexibility index (Phi) is 9.11. The van der Waals surface area contributed by atoms with E-state index in [0.29, 0.717) is 18.6 Å². The van der Waals surface area contributed by atoms with Crippen LogP contribution in [0.2, 0.25) is 0 Å². The Morgan fingerprint density at radius 3 is 2.62 bits per heavy atom. The number of unbranched alkanes of at least 4 members (excludes halogenated alkanes) is 3. The van der Waals surface area contributed by atoms with E-state index in [1.54, 1.807) is 13.0 Å². The number of phenols is 1. The monoisotopic (exact) mass is 408 g/mol. The molecule has 2 rings (SSSR count). The van der Waals surface area contributed by atoms with Gasteiger partial charge in [-0.3, -0.25) is 0 Å². The van der Waals surface area contributed by atoms with Crippen molar-refractivity contribution in [3.63, 3.8) is 0 Å². The summed E-state index contributed by atoms with van der Waals surface area (Å²) in [7, 11) is 0. The number of aliphatic hydroxyl groups excluding tert-OH is 1. The van der Waals surface area contributed by atoms with Gasteiger partial charge in [-0.05, 0) is 50.5 Å². The van der Waals surface area contributed by atoms with Crippen LogP contribution < -0.4 is 0 Å². The van der Waals surface area contributed by atoms with Crippen molar-refractivity contribution in [1.29, 1.82) is 0 Å². The van der Waals surface area contributed by atoms with Gasteiger partial charge in [0.05, 0.1) is 11.7 Å². The summed E-state index contributed by atoms with van der Waals surface area (Å²) >= 11 is 0. The van der Waals surface area contributed by atoms with Crippen LogP contribution in [0.3, 0.4) is 0 Å². The summed E-state index contributed by atoms with van der Waals surface area (Å²) in [6.07, 6.45) is 3.41. The quantitative estimate of drug-likeness (QED) is 0.307. The lowest BCUT2D eigenvalue weighted by atomic mass is 10.0. The molecule has 0 aliphatic carbocycles. The minimum Gasteiger partial charge on any atom is -0.508 e. The van der Waals surface area contributed by atoms with E-state index in [2.05, 4.69) is 0 Å². The average molecular weight is 408 g/mol. The topological polar surface area (TPSA) is 123 Å². The van der Waals surface area contributed by atoms with Crippen molar-refractivity contribution in [1.82, 2.24) is 0 Å². The number of hydrogen-bond donors (Lipinski definition) is 3. The van der Waals surface area contributed by atoms with Gasteiger partial charge < -0.3 is 29.5 Å². The van der Waals surface area contributed by atoms with Crippen LogP contribution in [0.5, 0.6) is 5.75 Å². The van der Waals surface area contributed by atoms with E-state index >= 15 is 0 Å². The predicted octanol–water partition coefficient (Wildman–Crippen LogP) is 2.63. The first-order valence-corrected chi connectivity index (χ1v) is 9.71. The molecule has 160 valence electrons. The van der Waals surface area contributed by atoms with Gasteiger partial charge in [-0.2, -0.15) is 0 Å². The Labute approximate surface area is 169 Å². The smallest absolute Gasteiger partial charge is 0.338 e. The Hall–Kier alpha value is -2.42. The third-order valence-electron chi connectivity index (χ3n) is 4.58. The van der Waals surface area contributed by atoms with E-state index in [1.165, 1.54) is 24.3 Å². The molecule has 1 heterocycles. The fourth-order valence-electron chi connectivity index (χ4n) is 2.95. The Balaban J connectivity index is 1.69. The van der Waals surface area contributed by atoms with Crippen molar-refractivity contribution >= 4 is 11.9 Å². The van der Waals surface area contributed by atoms with Crippen LogP contribution in [0.1, 0.15) is 49.4 Å². The average Bonchev–Trinajstić information content (AvgIpc) is 2.67. The molecule has 0 radical (unpaired) electrons. The highest BCUT2D eigenvalue weighted by molar-refractivity contribution is 5.89. The molecule has 1 fully saturated rings. The predicted molar refractivity (Wildman–Crippen MR) is 103 cm³/mol. The van der Waals surface area contributed by atoms with Gasteiger partial charge in [0.2, 0.25) is 0 Å². The van der Waals surface area contributed by atoms with Crippen molar-refractivity contribution in [2.45, 2.75) is 63.6 Å². The highest BCUT2D eigenvalue weighted by Crippen LogP contribution is 2.25. The Morgan fingerprint density at radius 2 is 1.93 bits per heavy atom.